The molecular weight excluding hydrogens is 606 g/mol. The summed E-state index contributed by atoms with van der Waals surface area (Å²) in [4.78, 5) is 25.6. The van der Waals surface area contributed by atoms with Crippen LogP contribution in [0, 0.1) is 0 Å². The molecule has 0 bridgehead atoms. The van der Waals surface area contributed by atoms with Crippen LogP contribution in [0.1, 0.15) is 21.5 Å². The SMILES string of the molecule is COC(=O)c1ccc(/C=C2/Sc3ccc(S(=O)(=O)Cc4c(Br)cccc4Br)cc3NC2=O)cc1. The fourth-order valence-corrected chi connectivity index (χ4v) is 7.27. The molecule has 0 spiro atoms. The number of carbonyl (C=O) groups excluding carboxylic acids is 2. The first-order valence-electron chi connectivity index (χ1n) is 9.87. The number of methoxy groups -OCH3 is 1. The van der Waals surface area contributed by atoms with Gasteiger partial charge < -0.3 is 10.1 Å². The Kier molecular flexibility index (Phi) is 7.32. The highest BCUT2D eigenvalue weighted by molar-refractivity contribution is 9.11. The average molecular weight is 623 g/mol. The summed E-state index contributed by atoms with van der Waals surface area (Å²) >= 11 is 8.06. The number of fused-ring (bicyclic) bond motifs is 1. The highest BCUT2D eigenvalue weighted by atomic mass is 79.9. The third kappa shape index (κ3) is 5.30. The maximum atomic E-state index is 13.1. The molecule has 3 aromatic carbocycles. The summed E-state index contributed by atoms with van der Waals surface area (Å²) in [5.41, 5.74) is 2.23. The smallest absolute Gasteiger partial charge is 0.337 e. The summed E-state index contributed by atoms with van der Waals surface area (Å²) in [6, 6.07) is 16.8. The van der Waals surface area contributed by atoms with E-state index in [-0.39, 0.29) is 16.6 Å². The number of hydrogen-bond acceptors (Lipinski definition) is 6. The predicted octanol–water partition coefficient (Wildman–Crippen LogP) is 6.06. The number of carbonyl (C=O) groups is 2. The van der Waals surface area contributed by atoms with Crippen LogP contribution in [0.2, 0.25) is 0 Å². The zero-order valence-corrected chi connectivity index (χ0v) is 22.5. The molecule has 6 nitrogen and oxygen atoms in total. The molecule has 0 fully saturated rings. The molecule has 0 atom stereocenters. The van der Waals surface area contributed by atoms with Gasteiger partial charge in [0.1, 0.15) is 0 Å². The topological polar surface area (TPSA) is 89.5 Å². The molecular formula is C24H17Br2NO5S2. The fourth-order valence-electron chi connectivity index (χ4n) is 3.26. The van der Waals surface area contributed by atoms with E-state index in [9.17, 15) is 18.0 Å². The minimum absolute atomic E-state index is 0.126. The van der Waals surface area contributed by atoms with Gasteiger partial charge in [-0.2, -0.15) is 0 Å². The molecule has 0 unspecified atom stereocenters. The van der Waals surface area contributed by atoms with Crippen LogP contribution >= 0.6 is 43.6 Å². The second-order valence-electron chi connectivity index (χ2n) is 7.30. The van der Waals surface area contributed by atoms with Crippen LogP contribution in [0.3, 0.4) is 0 Å². The Balaban J connectivity index is 1.58. The Labute approximate surface area is 218 Å². The Morgan fingerprint density at radius 3 is 2.38 bits per heavy atom. The van der Waals surface area contributed by atoms with Crippen LogP contribution in [0.25, 0.3) is 6.08 Å². The Hall–Kier alpha value is -2.40. The first kappa shape index (κ1) is 24.7. The molecule has 0 radical (unpaired) electrons. The van der Waals surface area contributed by atoms with Crippen molar-refractivity contribution in [2.75, 3.05) is 12.4 Å². The fraction of sp³-hybridized carbons (Fsp3) is 0.0833. The minimum Gasteiger partial charge on any atom is -0.465 e. The molecule has 1 N–H and O–H groups in total. The van der Waals surface area contributed by atoms with Crippen LogP contribution in [0.5, 0.6) is 0 Å². The lowest BCUT2D eigenvalue weighted by Gasteiger charge is -2.19. The summed E-state index contributed by atoms with van der Waals surface area (Å²) < 4.78 is 32.2. The molecule has 34 heavy (non-hydrogen) atoms. The molecule has 1 amide bonds. The molecule has 1 heterocycles. The van der Waals surface area contributed by atoms with Crippen LogP contribution in [0.15, 0.2) is 84.3 Å². The number of hydrogen-bond donors (Lipinski definition) is 1. The molecule has 3 aromatic rings. The molecule has 174 valence electrons. The van der Waals surface area contributed by atoms with Gasteiger partial charge in [-0.3, -0.25) is 4.79 Å². The summed E-state index contributed by atoms with van der Waals surface area (Å²) in [6.45, 7) is 0. The second kappa shape index (κ2) is 10.1. The van der Waals surface area contributed by atoms with Crippen molar-refractivity contribution in [3.05, 3.63) is 91.2 Å². The quantitative estimate of drug-likeness (QED) is 0.275. The number of thioether (sulfide) groups is 1. The zero-order valence-electron chi connectivity index (χ0n) is 17.7. The van der Waals surface area contributed by atoms with Gasteiger partial charge >= 0.3 is 5.97 Å². The van der Waals surface area contributed by atoms with E-state index in [2.05, 4.69) is 37.2 Å². The largest absolute Gasteiger partial charge is 0.465 e. The first-order valence-corrected chi connectivity index (χ1v) is 13.9. The van der Waals surface area contributed by atoms with Gasteiger partial charge in [-0.05, 0) is 59.7 Å². The van der Waals surface area contributed by atoms with Crippen LogP contribution in [0.4, 0.5) is 5.69 Å². The van der Waals surface area contributed by atoms with E-state index in [4.69, 9.17) is 4.74 Å². The lowest BCUT2D eigenvalue weighted by molar-refractivity contribution is -0.112. The summed E-state index contributed by atoms with van der Waals surface area (Å²) in [5.74, 6) is -0.963. The third-order valence-electron chi connectivity index (χ3n) is 5.03. The number of rotatable bonds is 5. The first-order chi connectivity index (χ1) is 16.2. The van der Waals surface area contributed by atoms with Gasteiger partial charge in [0.15, 0.2) is 9.84 Å². The van der Waals surface area contributed by atoms with E-state index >= 15 is 0 Å². The van der Waals surface area contributed by atoms with Crippen molar-refractivity contribution >= 4 is 77.1 Å². The zero-order chi connectivity index (χ0) is 24.5. The summed E-state index contributed by atoms with van der Waals surface area (Å²) in [5, 5.41) is 2.78. The van der Waals surface area contributed by atoms with Crippen molar-refractivity contribution in [1.29, 1.82) is 0 Å². The summed E-state index contributed by atoms with van der Waals surface area (Å²) in [6.07, 6.45) is 1.71. The van der Waals surface area contributed by atoms with Crippen molar-refractivity contribution < 1.29 is 22.7 Å². The maximum Gasteiger partial charge on any atom is 0.337 e. The Bertz CT molecular complexity index is 1410. The van der Waals surface area contributed by atoms with Gasteiger partial charge in [-0.1, -0.05) is 61.8 Å². The van der Waals surface area contributed by atoms with E-state index in [1.54, 1.807) is 54.6 Å². The molecule has 0 aromatic heterocycles. The molecule has 1 aliphatic rings. The van der Waals surface area contributed by atoms with Crippen molar-refractivity contribution in [3.8, 4) is 0 Å². The number of sulfone groups is 1. The van der Waals surface area contributed by atoms with E-state index < -0.39 is 15.8 Å². The Morgan fingerprint density at radius 2 is 1.74 bits per heavy atom. The monoisotopic (exact) mass is 621 g/mol. The number of esters is 1. The van der Waals surface area contributed by atoms with E-state index in [0.29, 0.717) is 30.7 Å². The highest BCUT2D eigenvalue weighted by Crippen LogP contribution is 2.40. The van der Waals surface area contributed by atoms with E-state index in [1.165, 1.54) is 24.9 Å². The number of benzene rings is 3. The van der Waals surface area contributed by atoms with Gasteiger partial charge in [-0.25, -0.2) is 13.2 Å². The van der Waals surface area contributed by atoms with Gasteiger partial charge in [0.25, 0.3) is 5.91 Å². The van der Waals surface area contributed by atoms with Gasteiger partial charge in [0.2, 0.25) is 0 Å². The van der Waals surface area contributed by atoms with Gasteiger partial charge in [-0.15, -0.1) is 0 Å². The van der Waals surface area contributed by atoms with Crippen molar-refractivity contribution in [3.63, 3.8) is 0 Å². The minimum atomic E-state index is -3.66. The predicted molar refractivity (Wildman–Crippen MR) is 139 cm³/mol. The molecule has 4 rings (SSSR count). The highest BCUT2D eigenvalue weighted by Gasteiger charge is 2.25. The molecule has 0 aliphatic carbocycles. The Morgan fingerprint density at radius 1 is 1.06 bits per heavy atom. The number of amides is 1. The van der Waals surface area contributed by atoms with Crippen LogP contribution in [-0.4, -0.2) is 27.4 Å². The number of nitrogens with one attached hydrogen (secondary N) is 1. The van der Waals surface area contributed by atoms with Crippen molar-refractivity contribution in [1.82, 2.24) is 0 Å². The van der Waals surface area contributed by atoms with Gasteiger partial charge in [0.05, 0.1) is 33.9 Å². The lowest BCUT2D eigenvalue weighted by Crippen LogP contribution is -2.18. The summed E-state index contributed by atoms with van der Waals surface area (Å²) in [7, 11) is -2.34. The van der Waals surface area contributed by atoms with E-state index in [0.717, 1.165) is 10.5 Å². The lowest BCUT2D eigenvalue weighted by atomic mass is 10.1. The number of ether oxygens (including phenoxy) is 1. The third-order valence-corrected chi connectivity index (χ3v) is 9.25. The second-order valence-corrected chi connectivity index (χ2v) is 12.1. The number of halogens is 2. The van der Waals surface area contributed by atoms with Crippen LogP contribution in [-0.2, 0) is 25.1 Å². The number of anilines is 1. The molecule has 0 saturated carbocycles. The average Bonchev–Trinajstić information content (AvgIpc) is 2.81. The van der Waals surface area contributed by atoms with Crippen molar-refractivity contribution in [2.24, 2.45) is 0 Å². The molecule has 1 aliphatic heterocycles. The van der Waals surface area contributed by atoms with Gasteiger partial charge in [0, 0.05) is 13.8 Å². The molecule has 0 saturated heterocycles. The van der Waals surface area contributed by atoms with Crippen LogP contribution < -0.4 is 5.32 Å². The molecule has 10 heteroatoms. The van der Waals surface area contributed by atoms with Crippen molar-refractivity contribution in [2.45, 2.75) is 15.5 Å². The normalized spacial score (nSPS) is 14.4. The van der Waals surface area contributed by atoms with E-state index in [1.807, 2.05) is 6.07 Å². The standard InChI is InChI=1S/C24H17Br2NO5S2/c1-32-24(29)15-7-5-14(6-8-15)11-22-23(28)27-20-12-16(9-10-21(20)33-22)34(30,31)13-17-18(25)3-2-4-19(17)26/h2-12H,13H2,1H3,(H,27,28)/b22-11+. The maximum absolute atomic E-state index is 13.1.